The van der Waals surface area contributed by atoms with Gasteiger partial charge in [-0.25, -0.2) is 4.79 Å². The molecule has 0 unspecified atom stereocenters. The maximum Gasteiger partial charge on any atom is 0.338 e. The molecule has 0 radical (unpaired) electrons. The van der Waals surface area contributed by atoms with E-state index in [0.29, 0.717) is 22.9 Å². The van der Waals surface area contributed by atoms with Crippen LogP contribution in [0, 0.1) is 0 Å². The molecule has 0 saturated heterocycles. The van der Waals surface area contributed by atoms with Crippen LogP contribution in [0.15, 0.2) is 18.2 Å². The van der Waals surface area contributed by atoms with Crippen LogP contribution in [0.25, 0.3) is 0 Å². The predicted octanol–water partition coefficient (Wildman–Crippen LogP) is 2.42. The summed E-state index contributed by atoms with van der Waals surface area (Å²) in [6, 6.07) is 4.74. The van der Waals surface area contributed by atoms with Crippen LogP contribution in [0.3, 0.4) is 0 Å². The van der Waals surface area contributed by atoms with E-state index in [4.69, 9.17) is 22.1 Å². The zero-order valence-electron chi connectivity index (χ0n) is 10.8. The van der Waals surface area contributed by atoms with Crippen molar-refractivity contribution in [3.05, 3.63) is 28.8 Å². The third-order valence-corrected chi connectivity index (χ3v) is 3.10. The van der Waals surface area contributed by atoms with Crippen molar-refractivity contribution in [3.63, 3.8) is 0 Å². The van der Waals surface area contributed by atoms with Gasteiger partial charge in [0, 0.05) is 6.54 Å². The van der Waals surface area contributed by atoms with E-state index in [1.807, 2.05) is 0 Å². The number of nitrogens with two attached hydrogens (primary N) is 1. The van der Waals surface area contributed by atoms with Gasteiger partial charge in [-0.3, -0.25) is 0 Å². The Morgan fingerprint density at radius 1 is 1.39 bits per heavy atom. The molecule has 0 aromatic heterocycles. The molecule has 0 atom stereocenters. The van der Waals surface area contributed by atoms with Gasteiger partial charge in [-0.05, 0) is 31.3 Å². The monoisotopic (exact) mass is 270 g/mol. The average molecular weight is 271 g/mol. The Kier molecular flexibility index (Phi) is 5.95. The lowest BCUT2D eigenvalue weighted by atomic mass is 10.2. The maximum absolute atomic E-state index is 11.7. The Bertz CT molecular complexity index is 406. The molecule has 0 aliphatic carbocycles. The van der Waals surface area contributed by atoms with Crippen LogP contribution in [-0.4, -0.2) is 37.1 Å². The minimum atomic E-state index is -0.371. The standard InChI is InChI=1S/C13H19ClN2O2/c1-3-16(4-2)7-8-18-13(17)10-5-6-12(15)11(14)9-10/h5-6,9H,3-4,7-8,15H2,1-2H3. The van der Waals surface area contributed by atoms with Crippen molar-refractivity contribution in [2.75, 3.05) is 32.0 Å². The normalized spacial score (nSPS) is 10.7. The molecule has 1 rings (SSSR count). The Morgan fingerprint density at radius 2 is 2.06 bits per heavy atom. The molecular weight excluding hydrogens is 252 g/mol. The van der Waals surface area contributed by atoms with Crippen molar-refractivity contribution in [3.8, 4) is 0 Å². The summed E-state index contributed by atoms with van der Waals surface area (Å²) in [7, 11) is 0. The maximum atomic E-state index is 11.7. The molecule has 18 heavy (non-hydrogen) atoms. The molecule has 0 heterocycles. The van der Waals surface area contributed by atoms with Crippen molar-refractivity contribution in [2.24, 2.45) is 0 Å². The van der Waals surface area contributed by atoms with Crippen LogP contribution in [0.1, 0.15) is 24.2 Å². The Morgan fingerprint density at radius 3 is 2.61 bits per heavy atom. The number of likely N-dealkylation sites (N-methyl/N-ethyl adjacent to an activating group) is 1. The first-order valence-electron chi connectivity index (χ1n) is 6.03. The van der Waals surface area contributed by atoms with Gasteiger partial charge in [-0.2, -0.15) is 0 Å². The number of hydrogen-bond acceptors (Lipinski definition) is 4. The molecule has 0 spiro atoms. The second kappa shape index (κ2) is 7.24. The van der Waals surface area contributed by atoms with Gasteiger partial charge in [0.15, 0.2) is 0 Å². The molecule has 2 N–H and O–H groups in total. The van der Waals surface area contributed by atoms with Gasteiger partial charge >= 0.3 is 5.97 Å². The predicted molar refractivity (Wildman–Crippen MR) is 73.9 cm³/mol. The highest BCUT2D eigenvalue weighted by Gasteiger charge is 2.09. The van der Waals surface area contributed by atoms with Gasteiger partial charge in [-0.1, -0.05) is 25.4 Å². The van der Waals surface area contributed by atoms with Gasteiger partial charge in [0.2, 0.25) is 0 Å². The number of halogens is 1. The van der Waals surface area contributed by atoms with E-state index >= 15 is 0 Å². The van der Waals surface area contributed by atoms with Crippen LogP contribution in [-0.2, 0) is 4.74 Å². The topological polar surface area (TPSA) is 55.6 Å². The van der Waals surface area contributed by atoms with Crippen molar-refractivity contribution >= 4 is 23.3 Å². The molecule has 0 aliphatic rings. The van der Waals surface area contributed by atoms with E-state index in [9.17, 15) is 4.79 Å². The van der Waals surface area contributed by atoms with Crippen LogP contribution in [0.5, 0.6) is 0 Å². The lowest BCUT2D eigenvalue weighted by Crippen LogP contribution is -2.27. The SMILES string of the molecule is CCN(CC)CCOC(=O)c1ccc(N)c(Cl)c1. The van der Waals surface area contributed by atoms with Gasteiger partial charge in [0.05, 0.1) is 16.3 Å². The number of ether oxygens (including phenoxy) is 1. The highest BCUT2D eigenvalue weighted by atomic mass is 35.5. The largest absolute Gasteiger partial charge is 0.461 e. The van der Waals surface area contributed by atoms with Crippen molar-refractivity contribution in [1.29, 1.82) is 0 Å². The lowest BCUT2D eigenvalue weighted by molar-refractivity contribution is 0.0466. The molecule has 0 bridgehead atoms. The van der Waals surface area contributed by atoms with E-state index in [2.05, 4.69) is 18.7 Å². The zero-order chi connectivity index (χ0) is 13.5. The molecule has 1 aromatic rings. The van der Waals surface area contributed by atoms with E-state index < -0.39 is 0 Å². The number of anilines is 1. The quantitative estimate of drug-likeness (QED) is 0.637. The number of nitrogens with zero attached hydrogens (tertiary/aromatic N) is 1. The number of nitrogen functional groups attached to an aromatic ring is 1. The second-order valence-corrected chi connectivity index (χ2v) is 4.31. The summed E-state index contributed by atoms with van der Waals surface area (Å²) < 4.78 is 5.18. The summed E-state index contributed by atoms with van der Waals surface area (Å²) in [5.74, 6) is -0.371. The minimum absolute atomic E-state index is 0.369. The lowest BCUT2D eigenvalue weighted by Gasteiger charge is -2.17. The van der Waals surface area contributed by atoms with Gasteiger partial charge in [-0.15, -0.1) is 0 Å². The summed E-state index contributed by atoms with van der Waals surface area (Å²) in [6.07, 6.45) is 0. The van der Waals surface area contributed by atoms with E-state index in [1.165, 1.54) is 6.07 Å². The molecule has 0 saturated carbocycles. The summed E-state index contributed by atoms with van der Waals surface area (Å²) in [4.78, 5) is 13.9. The molecule has 4 nitrogen and oxygen atoms in total. The molecule has 100 valence electrons. The van der Waals surface area contributed by atoms with E-state index in [0.717, 1.165) is 19.6 Å². The fraction of sp³-hybridized carbons (Fsp3) is 0.462. The fourth-order valence-electron chi connectivity index (χ4n) is 1.54. The minimum Gasteiger partial charge on any atom is -0.461 e. The Hall–Kier alpha value is -1.26. The highest BCUT2D eigenvalue weighted by Crippen LogP contribution is 2.19. The summed E-state index contributed by atoms with van der Waals surface area (Å²) in [6.45, 7) is 7.16. The Balaban J connectivity index is 2.48. The first-order chi connectivity index (χ1) is 8.58. The summed E-state index contributed by atoms with van der Waals surface area (Å²) >= 11 is 5.85. The second-order valence-electron chi connectivity index (χ2n) is 3.90. The molecular formula is C13H19ClN2O2. The molecule has 0 fully saturated rings. The summed E-state index contributed by atoms with van der Waals surface area (Å²) in [5.41, 5.74) is 6.45. The number of esters is 1. The number of carbonyl (C=O) groups is 1. The van der Waals surface area contributed by atoms with Crippen molar-refractivity contribution in [2.45, 2.75) is 13.8 Å². The van der Waals surface area contributed by atoms with Crippen LogP contribution < -0.4 is 5.73 Å². The first kappa shape index (κ1) is 14.8. The number of carbonyl (C=O) groups excluding carboxylic acids is 1. The Labute approximate surface area is 113 Å². The molecule has 0 amide bonds. The third-order valence-electron chi connectivity index (χ3n) is 2.77. The smallest absolute Gasteiger partial charge is 0.338 e. The number of benzene rings is 1. The van der Waals surface area contributed by atoms with Gasteiger partial charge in [0.1, 0.15) is 6.61 Å². The molecule has 5 heteroatoms. The van der Waals surface area contributed by atoms with Gasteiger partial charge in [0.25, 0.3) is 0 Å². The van der Waals surface area contributed by atoms with E-state index in [1.54, 1.807) is 12.1 Å². The van der Waals surface area contributed by atoms with Crippen LogP contribution >= 0.6 is 11.6 Å². The van der Waals surface area contributed by atoms with Crippen LogP contribution in [0.4, 0.5) is 5.69 Å². The molecule has 0 aliphatic heterocycles. The fourth-order valence-corrected chi connectivity index (χ4v) is 1.73. The molecule has 1 aromatic carbocycles. The average Bonchev–Trinajstić information content (AvgIpc) is 2.37. The van der Waals surface area contributed by atoms with Crippen LogP contribution in [0.2, 0.25) is 5.02 Å². The van der Waals surface area contributed by atoms with E-state index in [-0.39, 0.29) is 5.97 Å². The van der Waals surface area contributed by atoms with Crippen molar-refractivity contribution < 1.29 is 9.53 Å². The zero-order valence-corrected chi connectivity index (χ0v) is 11.5. The number of hydrogen-bond donors (Lipinski definition) is 1. The first-order valence-corrected chi connectivity index (χ1v) is 6.40. The number of rotatable bonds is 6. The van der Waals surface area contributed by atoms with Gasteiger partial charge < -0.3 is 15.4 Å². The summed E-state index contributed by atoms with van der Waals surface area (Å²) in [5, 5.41) is 0.369. The highest BCUT2D eigenvalue weighted by molar-refractivity contribution is 6.33. The third kappa shape index (κ3) is 4.20. The van der Waals surface area contributed by atoms with Crippen molar-refractivity contribution in [1.82, 2.24) is 4.90 Å².